The van der Waals surface area contributed by atoms with Crippen LogP contribution in [0.4, 0.5) is 5.69 Å². The smallest absolute Gasteiger partial charge is 0.266 e. The molecule has 0 spiro atoms. The summed E-state index contributed by atoms with van der Waals surface area (Å²) < 4.78 is 1.56. The molecule has 1 amide bonds. The van der Waals surface area contributed by atoms with Crippen LogP contribution in [0, 0.1) is 13.8 Å². The summed E-state index contributed by atoms with van der Waals surface area (Å²) >= 11 is 7.36. The Morgan fingerprint density at radius 1 is 1.03 bits per heavy atom. The number of benzene rings is 3. The van der Waals surface area contributed by atoms with Gasteiger partial charge >= 0.3 is 0 Å². The van der Waals surface area contributed by atoms with Gasteiger partial charge in [-0.05, 0) is 55.8 Å². The third kappa shape index (κ3) is 4.50. The van der Waals surface area contributed by atoms with E-state index in [9.17, 15) is 9.59 Å². The number of anilines is 1. The normalized spacial score (nSPS) is 10.9. The summed E-state index contributed by atoms with van der Waals surface area (Å²) in [5.74, 6) is -0.101. The summed E-state index contributed by atoms with van der Waals surface area (Å²) in [5.41, 5.74) is 3.72. The second-order valence-corrected chi connectivity index (χ2v) is 8.49. The van der Waals surface area contributed by atoms with Crippen LogP contribution in [0.25, 0.3) is 16.6 Å². The molecule has 31 heavy (non-hydrogen) atoms. The fourth-order valence-electron chi connectivity index (χ4n) is 3.19. The molecule has 156 valence electrons. The van der Waals surface area contributed by atoms with Gasteiger partial charge in [0, 0.05) is 10.7 Å². The Kier molecular flexibility index (Phi) is 6.11. The van der Waals surface area contributed by atoms with Crippen LogP contribution in [-0.2, 0) is 4.79 Å². The van der Waals surface area contributed by atoms with Crippen molar-refractivity contribution in [3.8, 4) is 5.69 Å². The van der Waals surface area contributed by atoms with Crippen molar-refractivity contribution in [2.75, 3.05) is 11.1 Å². The monoisotopic (exact) mass is 449 g/mol. The highest BCUT2D eigenvalue weighted by atomic mass is 35.5. The van der Waals surface area contributed by atoms with Crippen LogP contribution in [0.1, 0.15) is 11.1 Å². The third-order valence-corrected chi connectivity index (χ3v) is 6.26. The molecule has 3 aromatic carbocycles. The summed E-state index contributed by atoms with van der Waals surface area (Å²) in [5, 5.41) is 4.47. The Morgan fingerprint density at radius 2 is 1.77 bits per heavy atom. The minimum Gasteiger partial charge on any atom is -0.325 e. The van der Waals surface area contributed by atoms with Crippen molar-refractivity contribution in [3.05, 3.63) is 93.2 Å². The first-order valence-electron chi connectivity index (χ1n) is 9.70. The van der Waals surface area contributed by atoms with E-state index in [-0.39, 0.29) is 17.2 Å². The minimum atomic E-state index is -0.201. The van der Waals surface area contributed by atoms with Crippen LogP contribution in [0.2, 0.25) is 5.02 Å². The number of aryl methyl sites for hydroxylation is 1. The van der Waals surface area contributed by atoms with Crippen LogP contribution >= 0.6 is 23.4 Å². The average Bonchev–Trinajstić information content (AvgIpc) is 2.76. The van der Waals surface area contributed by atoms with Crippen molar-refractivity contribution in [2.24, 2.45) is 0 Å². The van der Waals surface area contributed by atoms with Gasteiger partial charge in [-0.2, -0.15) is 0 Å². The van der Waals surface area contributed by atoms with Crippen molar-refractivity contribution in [1.29, 1.82) is 0 Å². The number of hydrogen-bond donors (Lipinski definition) is 1. The second kappa shape index (κ2) is 8.96. The van der Waals surface area contributed by atoms with Gasteiger partial charge in [0.1, 0.15) is 0 Å². The van der Waals surface area contributed by atoms with E-state index >= 15 is 0 Å². The maximum absolute atomic E-state index is 13.2. The molecular weight excluding hydrogens is 430 g/mol. The molecule has 4 aromatic rings. The predicted octanol–water partition coefficient (Wildman–Crippen LogP) is 5.39. The zero-order valence-corrected chi connectivity index (χ0v) is 18.6. The van der Waals surface area contributed by atoms with Crippen LogP contribution in [0.5, 0.6) is 0 Å². The molecule has 0 aliphatic rings. The number of rotatable bonds is 5. The topological polar surface area (TPSA) is 64.0 Å². The number of halogens is 1. The first-order valence-corrected chi connectivity index (χ1v) is 11.1. The van der Waals surface area contributed by atoms with Gasteiger partial charge in [-0.15, -0.1) is 0 Å². The Balaban J connectivity index is 1.67. The van der Waals surface area contributed by atoms with E-state index in [1.54, 1.807) is 34.9 Å². The van der Waals surface area contributed by atoms with E-state index in [1.807, 2.05) is 50.2 Å². The number of thioether (sulfide) groups is 1. The number of nitrogens with one attached hydrogen (secondary N) is 1. The highest BCUT2D eigenvalue weighted by Gasteiger charge is 2.15. The van der Waals surface area contributed by atoms with Crippen LogP contribution in [0.3, 0.4) is 0 Å². The molecule has 1 N–H and O–H groups in total. The lowest BCUT2D eigenvalue weighted by molar-refractivity contribution is -0.113. The lowest BCUT2D eigenvalue weighted by Crippen LogP contribution is -2.23. The van der Waals surface area contributed by atoms with Gasteiger partial charge < -0.3 is 5.32 Å². The molecule has 0 aliphatic heterocycles. The largest absolute Gasteiger partial charge is 0.325 e. The van der Waals surface area contributed by atoms with E-state index in [0.29, 0.717) is 32.5 Å². The predicted molar refractivity (Wildman–Crippen MR) is 128 cm³/mol. The molecule has 0 saturated heterocycles. The molecule has 0 radical (unpaired) electrons. The van der Waals surface area contributed by atoms with Crippen molar-refractivity contribution in [2.45, 2.75) is 19.0 Å². The fourth-order valence-corrected chi connectivity index (χ4v) is 4.18. The zero-order chi connectivity index (χ0) is 22.0. The van der Waals surface area contributed by atoms with Crippen molar-refractivity contribution >= 4 is 45.9 Å². The van der Waals surface area contributed by atoms with Gasteiger partial charge in [0.25, 0.3) is 5.56 Å². The molecule has 4 rings (SSSR count). The van der Waals surface area contributed by atoms with Crippen molar-refractivity contribution < 1.29 is 4.79 Å². The second-order valence-electron chi connectivity index (χ2n) is 7.14. The number of carbonyl (C=O) groups excluding carboxylic acids is 1. The molecule has 0 saturated carbocycles. The molecule has 0 unspecified atom stereocenters. The average molecular weight is 450 g/mol. The van der Waals surface area contributed by atoms with Gasteiger partial charge in [-0.3, -0.25) is 14.2 Å². The Labute approximate surface area is 189 Å². The molecule has 7 heteroatoms. The first kappa shape index (κ1) is 21.2. The molecule has 0 bridgehead atoms. The number of para-hydroxylation sites is 1. The quantitative estimate of drug-likeness (QED) is 0.328. The Hall–Kier alpha value is -3.09. The fraction of sp³-hybridized carbons (Fsp3) is 0.125. The van der Waals surface area contributed by atoms with E-state index in [0.717, 1.165) is 11.1 Å². The van der Waals surface area contributed by atoms with Gasteiger partial charge in [0.15, 0.2) is 5.16 Å². The molecular formula is C24H20ClN3O2S. The molecule has 0 atom stereocenters. The van der Waals surface area contributed by atoms with Crippen molar-refractivity contribution in [1.82, 2.24) is 9.55 Å². The number of amides is 1. The summed E-state index contributed by atoms with van der Waals surface area (Å²) in [6.45, 7) is 3.84. The summed E-state index contributed by atoms with van der Waals surface area (Å²) in [7, 11) is 0. The van der Waals surface area contributed by atoms with Crippen molar-refractivity contribution in [3.63, 3.8) is 0 Å². The Bertz CT molecular complexity index is 1330. The molecule has 1 heterocycles. The highest BCUT2D eigenvalue weighted by Crippen LogP contribution is 2.25. The summed E-state index contributed by atoms with van der Waals surface area (Å²) in [4.78, 5) is 30.5. The summed E-state index contributed by atoms with van der Waals surface area (Å²) in [6, 6.07) is 20.2. The van der Waals surface area contributed by atoms with Crippen LogP contribution in [0.15, 0.2) is 76.7 Å². The number of aromatic nitrogens is 2. The standard InChI is InChI=1S/C24H20ClN3O2S/c1-15-10-12-17(13-11-15)28-23(30)18-6-3-4-8-21(18)27-24(28)31-14-22(29)26-20-9-5-7-19(25)16(20)2/h3-13H,14H2,1-2H3,(H,26,29). The van der Waals surface area contributed by atoms with E-state index in [2.05, 4.69) is 10.3 Å². The van der Waals surface area contributed by atoms with Crippen LogP contribution in [-0.4, -0.2) is 21.2 Å². The molecule has 0 fully saturated rings. The summed E-state index contributed by atoms with van der Waals surface area (Å²) in [6.07, 6.45) is 0. The minimum absolute atomic E-state index is 0.0998. The SMILES string of the molecule is Cc1ccc(-n2c(SCC(=O)Nc3cccc(Cl)c3C)nc3ccccc3c2=O)cc1. The maximum atomic E-state index is 13.2. The number of nitrogens with zero attached hydrogens (tertiary/aromatic N) is 2. The van der Waals surface area contributed by atoms with Gasteiger partial charge in [0.2, 0.25) is 5.91 Å². The molecule has 1 aromatic heterocycles. The first-order chi connectivity index (χ1) is 14.9. The van der Waals surface area contributed by atoms with E-state index < -0.39 is 0 Å². The molecule has 5 nitrogen and oxygen atoms in total. The molecule has 0 aliphatic carbocycles. The van der Waals surface area contributed by atoms with Gasteiger partial charge in [-0.25, -0.2) is 4.98 Å². The van der Waals surface area contributed by atoms with Gasteiger partial charge in [-0.1, -0.05) is 59.3 Å². The Morgan fingerprint density at radius 3 is 2.55 bits per heavy atom. The zero-order valence-electron chi connectivity index (χ0n) is 17.1. The maximum Gasteiger partial charge on any atom is 0.266 e. The van der Waals surface area contributed by atoms with Gasteiger partial charge in [0.05, 0.1) is 22.3 Å². The van der Waals surface area contributed by atoms with E-state index in [1.165, 1.54) is 11.8 Å². The number of hydrogen-bond acceptors (Lipinski definition) is 4. The number of carbonyl (C=O) groups is 1. The number of fused-ring (bicyclic) bond motifs is 1. The lowest BCUT2D eigenvalue weighted by Gasteiger charge is -2.14. The van der Waals surface area contributed by atoms with E-state index in [4.69, 9.17) is 11.6 Å². The van der Waals surface area contributed by atoms with Crippen LogP contribution < -0.4 is 10.9 Å². The third-order valence-electron chi connectivity index (χ3n) is 4.91. The highest BCUT2D eigenvalue weighted by molar-refractivity contribution is 7.99. The lowest BCUT2D eigenvalue weighted by atomic mass is 10.2.